The van der Waals surface area contributed by atoms with Crippen LogP contribution in [-0.2, 0) is 4.74 Å². The van der Waals surface area contributed by atoms with E-state index in [1.807, 2.05) is 7.05 Å². The van der Waals surface area contributed by atoms with E-state index in [1.165, 1.54) is 0 Å². The van der Waals surface area contributed by atoms with Crippen LogP contribution < -0.4 is 0 Å². The van der Waals surface area contributed by atoms with Crippen LogP contribution in [0.1, 0.15) is 0 Å². The lowest BCUT2D eigenvalue weighted by atomic mass is 10.2. The Bertz CT molecular complexity index is 76.5. The van der Waals surface area contributed by atoms with E-state index >= 15 is 0 Å². The van der Waals surface area contributed by atoms with Gasteiger partial charge in [0.05, 0.1) is 26.3 Å². The van der Waals surface area contributed by atoms with Gasteiger partial charge >= 0.3 is 7.98 Å². The lowest BCUT2D eigenvalue weighted by molar-refractivity contribution is -0.805. The molecule has 0 bridgehead atoms. The van der Waals surface area contributed by atoms with Crippen LogP contribution in [0.2, 0.25) is 0 Å². The van der Waals surface area contributed by atoms with E-state index in [-0.39, 0.29) is 0 Å². The number of morpholine rings is 1. The van der Waals surface area contributed by atoms with E-state index in [0.29, 0.717) is 4.39 Å². The van der Waals surface area contributed by atoms with Gasteiger partial charge in [0.15, 0.2) is 0 Å². The van der Waals surface area contributed by atoms with Crippen LogP contribution in [0.15, 0.2) is 0 Å². The maximum absolute atomic E-state index is 5.74. The number of rotatable bonds is 0. The molecule has 2 nitrogen and oxygen atoms in total. The second kappa shape index (κ2) is 2.07. The van der Waals surface area contributed by atoms with Crippen molar-refractivity contribution >= 4 is 7.98 Å². The highest BCUT2D eigenvalue weighted by Gasteiger charge is 2.18. The number of nitrogens with zero attached hydrogens (tertiary/aromatic N) is 1. The average molecular weight is 112 g/mol. The van der Waals surface area contributed by atoms with Crippen LogP contribution in [0, 0.1) is 0 Å². The first kappa shape index (κ1) is 6.11. The molecule has 0 aromatic carbocycles. The van der Waals surface area contributed by atoms with Crippen molar-refractivity contribution in [1.29, 1.82) is 0 Å². The molecular formula is C5H11BNO+. The molecule has 1 saturated heterocycles. The van der Waals surface area contributed by atoms with Crippen molar-refractivity contribution in [2.45, 2.75) is 0 Å². The van der Waals surface area contributed by atoms with Crippen molar-refractivity contribution in [1.82, 2.24) is 0 Å². The van der Waals surface area contributed by atoms with Gasteiger partial charge in [-0.15, -0.1) is 0 Å². The molecule has 1 aliphatic heterocycles. The monoisotopic (exact) mass is 112 g/mol. The van der Waals surface area contributed by atoms with Crippen molar-refractivity contribution in [2.75, 3.05) is 33.4 Å². The first-order chi connectivity index (χ1) is 3.71. The van der Waals surface area contributed by atoms with Crippen LogP contribution in [-0.4, -0.2) is 45.7 Å². The Hall–Kier alpha value is -0.0151. The summed E-state index contributed by atoms with van der Waals surface area (Å²) >= 11 is 0. The molecule has 0 saturated carbocycles. The third-order valence-electron chi connectivity index (χ3n) is 1.49. The fourth-order valence-corrected chi connectivity index (χ4v) is 0.760. The average Bonchev–Trinajstić information content (AvgIpc) is 1.65. The molecular weight excluding hydrogens is 101 g/mol. The Morgan fingerprint density at radius 3 is 2.12 bits per heavy atom. The fourth-order valence-electron chi connectivity index (χ4n) is 0.760. The second-order valence-corrected chi connectivity index (χ2v) is 2.54. The van der Waals surface area contributed by atoms with E-state index in [4.69, 9.17) is 12.7 Å². The summed E-state index contributed by atoms with van der Waals surface area (Å²) in [5.41, 5.74) is 0. The van der Waals surface area contributed by atoms with E-state index in [1.54, 1.807) is 0 Å². The first-order valence-electron chi connectivity index (χ1n) is 2.92. The summed E-state index contributed by atoms with van der Waals surface area (Å²) in [4.78, 5) is 0. The van der Waals surface area contributed by atoms with Crippen LogP contribution in [0.4, 0.5) is 0 Å². The van der Waals surface area contributed by atoms with E-state index in [0.717, 1.165) is 26.3 Å². The molecule has 0 N–H and O–H groups in total. The van der Waals surface area contributed by atoms with Crippen molar-refractivity contribution in [3.05, 3.63) is 0 Å². The lowest BCUT2D eigenvalue weighted by Gasteiger charge is -2.34. The lowest BCUT2D eigenvalue weighted by Crippen LogP contribution is -2.49. The standard InChI is InChI=1S/C5H11BNO/c1-7(6)2-4-8-5-3-7/h2-5H2,1H3/q+1. The van der Waals surface area contributed by atoms with Crippen LogP contribution in [0.25, 0.3) is 0 Å². The molecule has 0 aromatic heterocycles. The summed E-state index contributed by atoms with van der Waals surface area (Å²) in [6.45, 7) is 3.51. The van der Waals surface area contributed by atoms with Gasteiger partial charge < -0.3 is 9.13 Å². The zero-order valence-corrected chi connectivity index (χ0v) is 5.26. The molecule has 1 rings (SSSR count). The van der Waals surface area contributed by atoms with Crippen molar-refractivity contribution in [3.8, 4) is 0 Å². The van der Waals surface area contributed by atoms with Gasteiger partial charge in [-0.2, -0.15) is 0 Å². The summed E-state index contributed by atoms with van der Waals surface area (Å²) in [5, 5.41) is 0. The molecule has 0 aliphatic carbocycles. The summed E-state index contributed by atoms with van der Waals surface area (Å²) in [6, 6.07) is 0. The van der Waals surface area contributed by atoms with Gasteiger partial charge in [-0.1, -0.05) is 0 Å². The maximum Gasteiger partial charge on any atom is 0.481 e. The summed E-state index contributed by atoms with van der Waals surface area (Å²) in [7, 11) is 7.75. The van der Waals surface area contributed by atoms with Crippen LogP contribution >= 0.6 is 0 Å². The van der Waals surface area contributed by atoms with Gasteiger partial charge in [0.2, 0.25) is 0 Å². The molecule has 1 heterocycles. The second-order valence-electron chi connectivity index (χ2n) is 2.54. The summed E-state index contributed by atoms with van der Waals surface area (Å²) in [6.07, 6.45) is 0. The van der Waals surface area contributed by atoms with Gasteiger partial charge in [0.25, 0.3) is 0 Å². The van der Waals surface area contributed by atoms with Crippen molar-refractivity contribution in [3.63, 3.8) is 0 Å². The van der Waals surface area contributed by atoms with E-state index in [9.17, 15) is 0 Å². The van der Waals surface area contributed by atoms with Crippen LogP contribution in [0.3, 0.4) is 0 Å². The normalized spacial score (nSPS) is 27.6. The number of hydrogen-bond acceptors (Lipinski definition) is 1. The van der Waals surface area contributed by atoms with Crippen molar-refractivity contribution in [2.24, 2.45) is 0 Å². The topological polar surface area (TPSA) is 9.23 Å². The molecule has 0 unspecified atom stereocenters. The molecule has 3 heteroatoms. The van der Waals surface area contributed by atoms with E-state index in [2.05, 4.69) is 0 Å². The SMILES string of the molecule is [B][N+]1(C)CCOCC1. The molecule has 1 fully saturated rings. The predicted octanol–water partition coefficient (Wildman–Crippen LogP) is -0.453. The Balaban J connectivity index is 2.33. The van der Waals surface area contributed by atoms with Crippen molar-refractivity contribution < 1.29 is 9.13 Å². The van der Waals surface area contributed by atoms with Gasteiger partial charge in [-0.3, -0.25) is 0 Å². The molecule has 1 aliphatic rings. The first-order valence-corrected chi connectivity index (χ1v) is 2.92. The van der Waals surface area contributed by atoms with Crippen LogP contribution in [0.5, 0.6) is 0 Å². The third kappa shape index (κ3) is 1.49. The smallest absolute Gasteiger partial charge is 0.395 e. The molecule has 8 heavy (non-hydrogen) atoms. The molecule has 0 atom stereocenters. The highest BCUT2D eigenvalue weighted by Crippen LogP contribution is 1.99. The summed E-state index contributed by atoms with van der Waals surface area (Å²) < 4.78 is 5.73. The fraction of sp³-hybridized carbons (Fsp3) is 1.00. The predicted molar refractivity (Wildman–Crippen MR) is 32.5 cm³/mol. The van der Waals surface area contributed by atoms with Gasteiger partial charge in [0.1, 0.15) is 0 Å². The molecule has 2 radical (unpaired) electrons. The minimum atomic E-state index is 0.625. The number of quaternary nitrogens is 1. The largest absolute Gasteiger partial charge is 0.481 e. The molecule has 0 spiro atoms. The van der Waals surface area contributed by atoms with Gasteiger partial charge in [-0.25, -0.2) is 0 Å². The van der Waals surface area contributed by atoms with Gasteiger partial charge in [-0.05, 0) is 0 Å². The minimum absolute atomic E-state index is 0.625. The number of hydrogen-bond donors (Lipinski definition) is 0. The quantitative estimate of drug-likeness (QED) is 0.385. The zero-order chi connectivity index (χ0) is 6.04. The maximum atomic E-state index is 5.74. The highest BCUT2D eigenvalue weighted by atomic mass is 16.5. The Morgan fingerprint density at radius 1 is 1.38 bits per heavy atom. The minimum Gasteiger partial charge on any atom is -0.395 e. The summed E-state index contributed by atoms with van der Waals surface area (Å²) in [5.74, 6) is 0. The Morgan fingerprint density at radius 2 is 1.88 bits per heavy atom. The number of likely N-dealkylation sites (N-methyl/N-ethyl adjacent to an activating group) is 1. The molecule has 0 amide bonds. The third-order valence-corrected chi connectivity index (χ3v) is 1.49. The highest BCUT2D eigenvalue weighted by molar-refractivity contribution is 5.97. The Kier molecular flexibility index (Phi) is 1.58. The molecule has 0 aromatic rings. The zero-order valence-electron chi connectivity index (χ0n) is 5.26. The number of ether oxygens (including phenoxy) is 1. The molecule has 44 valence electrons. The van der Waals surface area contributed by atoms with Gasteiger partial charge in [0, 0.05) is 7.05 Å². The van der Waals surface area contributed by atoms with E-state index < -0.39 is 0 Å². The Labute approximate surface area is 51.5 Å².